The summed E-state index contributed by atoms with van der Waals surface area (Å²) < 4.78 is 11.0. The molecule has 4 heteroatoms. The van der Waals surface area contributed by atoms with Gasteiger partial charge in [-0.1, -0.05) is 0 Å². The van der Waals surface area contributed by atoms with E-state index in [1.165, 1.54) is 25.8 Å². The molecule has 3 unspecified atom stereocenters. The number of methoxy groups -OCH3 is 1. The van der Waals surface area contributed by atoms with Gasteiger partial charge < -0.3 is 14.8 Å². The van der Waals surface area contributed by atoms with Crippen LogP contribution in [0.5, 0.6) is 0 Å². The molecule has 0 spiro atoms. The first-order valence-corrected chi connectivity index (χ1v) is 6.89. The second-order valence-corrected chi connectivity index (χ2v) is 5.24. The van der Waals surface area contributed by atoms with Crippen molar-refractivity contribution >= 4 is 0 Å². The number of nitrogens with one attached hydrogen (secondary N) is 1. The number of hydrogen-bond acceptors (Lipinski definition) is 4. The van der Waals surface area contributed by atoms with Crippen molar-refractivity contribution in [3.8, 4) is 0 Å². The zero-order chi connectivity index (χ0) is 12.1. The van der Waals surface area contributed by atoms with Gasteiger partial charge in [0.2, 0.25) is 0 Å². The van der Waals surface area contributed by atoms with Crippen molar-refractivity contribution in [1.29, 1.82) is 0 Å². The van der Waals surface area contributed by atoms with Crippen molar-refractivity contribution in [3.63, 3.8) is 0 Å². The third kappa shape index (κ3) is 3.91. The van der Waals surface area contributed by atoms with Gasteiger partial charge in [-0.25, -0.2) is 0 Å². The maximum Gasteiger partial charge on any atom is 0.0726 e. The highest BCUT2D eigenvalue weighted by molar-refractivity contribution is 4.79. The molecule has 2 rings (SSSR count). The molecule has 2 aliphatic rings. The minimum Gasteiger partial charge on any atom is -0.380 e. The van der Waals surface area contributed by atoms with E-state index in [2.05, 4.69) is 17.1 Å². The fourth-order valence-corrected chi connectivity index (χ4v) is 2.77. The molecule has 3 atom stereocenters. The molecular weight excluding hydrogens is 216 g/mol. The lowest BCUT2D eigenvalue weighted by Crippen LogP contribution is -2.41. The fourth-order valence-electron chi connectivity index (χ4n) is 2.77. The van der Waals surface area contributed by atoms with E-state index in [9.17, 15) is 0 Å². The van der Waals surface area contributed by atoms with Crippen molar-refractivity contribution in [2.24, 2.45) is 0 Å². The van der Waals surface area contributed by atoms with Crippen LogP contribution < -0.4 is 5.32 Å². The molecule has 17 heavy (non-hydrogen) atoms. The summed E-state index contributed by atoms with van der Waals surface area (Å²) in [4.78, 5) is 2.48. The molecule has 2 saturated heterocycles. The van der Waals surface area contributed by atoms with Gasteiger partial charge in [0.25, 0.3) is 0 Å². The molecule has 0 aliphatic carbocycles. The first-order chi connectivity index (χ1) is 8.29. The third-order valence-corrected chi connectivity index (χ3v) is 3.98. The van der Waals surface area contributed by atoms with Crippen LogP contribution in [-0.2, 0) is 9.47 Å². The Morgan fingerprint density at radius 1 is 1.47 bits per heavy atom. The van der Waals surface area contributed by atoms with Gasteiger partial charge in [0.05, 0.1) is 12.2 Å². The summed E-state index contributed by atoms with van der Waals surface area (Å²) in [6.07, 6.45) is 4.49. The zero-order valence-electron chi connectivity index (χ0n) is 11.2. The van der Waals surface area contributed by atoms with E-state index in [1.807, 2.05) is 7.11 Å². The second-order valence-electron chi connectivity index (χ2n) is 5.24. The van der Waals surface area contributed by atoms with Crippen molar-refractivity contribution in [3.05, 3.63) is 0 Å². The predicted octanol–water partition coefficient (Wildman–Crippen LogP) is 0.864. The highest BCUT2D eigenvalue weighted by Crippen LogP contribution is 2.15. The van der Waals surface area contributed by atoms with Gasteiger partial charge >= 0.3 is 0 Å². The van der Waals surface area contributed by atoms with Crippen molar-refractivity contribution in [1.82, 2.24) is 10.2 Å². The molecule has 2 heterocycles. The average Bonchev–Trinajstić information content (AvgIpc) is 3.00. The van der Waals surface area contributed by atoms with Crippen LogP contribution in [0.2, 0.25) is 0 Å². The Morgan fingerprint density at radius 2 is 2.35 bits per heavy atom. The summed E-state index contributed by atoms with van der Waals surface area (Å²) in [5.41, 5.74) is 0. The molecule has 100 valence electrons. The molecule has 0 aromatic carbocycles. The maximum absolute atomic E-state index is 5.68. The van der Waals surface area contributed by atoms with Gasteiger partial charge in [0, 0.05) is 45.9 Å². The van der Waals surface area contributed by atoms with Crippen molar-refractivity contribution in [2.75, 3.05) is 39.9 Å². The molecular formula is C13H26N2O2. The van der Waals surface area contributed by atoms with Gasteiger partial charge in [-0.05, 0) is 26.2 Å². The largest absolute Gasteiger partial charge is 0.380 e. The number of ether oxygens (including phenoxy) is 2. The molecule has 0 aromatic heterocycles. The van der Waals surface area contributed by atoms with E-state index < -0.39 is 0 Å². The molecule has 2 aliphatic heterocycles. The number of likely N-dealkylation sites (tertiary alicyclic amines) is 1. The molecule has 0 bridgehead atoms. The standard InChI is InChI=1S/C13H26N2O2/c1-11(13-4-3-9-17-13)14-6-8-15-7-5-12(10-15)16-2/h11-14H,3-10H2,1-2H3. The van der Waals surface area contributed by atoms with Gasteiger partial charge in [0.15, 0.2) is 0 Å². The van der Waals surface area contributed by atoms with Gasteiger partial charge in [0.1, 0.15) is 0 Å². The Bertz CT molecular complexity index is 219. The summed E-state index contributed by atoms with van der Waals surface area (Å²) in [6.45, 7) is 7.62. The van der Waals surface area contributed by atoms with Crippen LogP contribution in [0.15, 0.2) is 0 Å². The summed E-state index contributed by atoms with van der Waals surface area (Å²) in [5.74, 6) is 0. The van der Waals surface area contributed by atoms with Crippen molar-refractivity contribution < 1.29 is 9.47 Å². The Labute approximate surface area is 105 Å². The van der Waals surface area contributed by atoms with Crippen molar-refractivity contribution in [2.45, 2.75) is 44.4 Å². The maximum atomic E-state index is 5.68. The monoisotopic (exact) mass is 242 g/mol. The average molecular weight is 242 g/mol. The molecule has 0 aromatic rings. The van der Waals surface area contributed by atoms with E-state index in [0.29, 0.717) is 18.2 Å². The van der Waals surface area contributed by atoms with Crippen LogP contribution in [0, 0.1) is 0 Å². The minimum atomic E-state index is 0.431. The van der Waals surface area contributed by atoms with E-state index >= 15 is 0 Å². The molecule has 0 radical (unpaired) electrons. The lowest BCUT2D eigenvalue weighted by atomic mass is 10.1. The first-order valence-electron chi connectivity index (χ1n) is 6.89. The highest BCUT2D eigenvalue weighted by Gasteiger charge is 2.23. The van der Waals surface area contributed by atoms with Crippen LogP contribution in [0.1, 0.15) is 26.2 Å². The molecule has 1 N–H and O–H groups in total. The Hall–Kier alpha value is -0.160. The van der Waals surface area contributed by atoms with Crippen LogP contribution >= 0.6 is 0 Å². The quantitative estimate of drug-likeness (QED) is 0.749. The smallest absolute Gasteiger partial charge is 0.0726 e. The SMILES string of the molecule is COC1CCN(CCNC(C)C2CCCO2)C1. The fraction of sp³-hybridized carbons (Fsp3) is 1.00. The highest BCUT2D eigenvalue weighted by atomic mass is 16.5. The molecule has 4 nitrogen and oxygen atoms in total. The Morgan fingerprint density at radius 3 is 3.00 bits per heavy atom. The van der Waals surface area contributed by atoms with E-state index in [4.69, 9.17) is 9.47 Å². The lowest BCUT2D eigenvalue weighted by Gasteiger charge is -2.22. The normalized spacial score (nSPS) is 32.1. The second kappa shape index (κ2) is 6.69. The zero-order valence-corrected chi connectivity index (χ0v) is 11.2. The first kappa shape index (κ1) is 13.3. The number of nitrogens with zero attached hydrogens (tertiary/aromatic N) is 1. The molecule has 0 amide bonds. The van der Waals surface area contributed by atoms with Crippen LogP contribution in [0.25, 0.3) is 0 Å². The number of hydrogen-bond donors (Lipinski definition) is 1. The van der Waals surface area contributed by atoms with E-state index in [-0.39, 0.29) is 0 Å². The summed E-state index contributed by atoms with van der Waals surface area (Å²) in [5, 5.41) is 3.58. The van der Waals surface area contributed by atoms with E-state index in [1.54, 1.807) is 0 Å². The van der Waals surface area contributed by atoms with Crippen LogP contribution in [0.3, 0.4) is 0 Å². The molecule has 2 fully saturated rings. The Kier molecular flexibility index (Phi) is 5.22. The van der Waals surface area contributed by atoms with E-state index in [0.717, 1.165) is 26.2 Å². The lowest BCUT2D eigenvalue weighted by molar-refractivity contribution is 0.0821. The predicted molar refractivity (Wildman–Crippen MR) is 68.3 cm³/mol. The molecule has 0 saturated carbocycles. The van der Waals surface area contributed by atoms with Gasteiger partial charge in [-0.15, -0.1) is 0 Å². The summed E-state index contributed by atoms with van der Waals surface area (Å²) in [6, 6.07) is 0.485. The third-order valence-electron chi connectivity index (χ3n) is 3.98. The van der Waals surface area contributed by atoms with Crippen LogP contribution in [0.4, 0.5) is 0 Å². The number of rotatable bonds is 6. The van der Waals surface area contributed by atoms with Crippen LogP contribution in [-0.4, -0.2) is 63.0 Å². The minimum absolute atomic E-state index is 0.431. The van der Waals surface area contributed by atoms with Gasteiger partial charge in [-0.2, -0.15) is 0 Å². The van der Waals surface area contributed by atoms with Gasteiger partial charge in [-0.3, -0.25) is 4.90 Å². The summed E-state index contributed by atoms with van der Waals surface area (Å²) in [7, 11) is 1.81. The summed E-state index contributed by atoms with van der Waals surface area (Å²) >= 11 is 0. The topological polar surface area (TPSA) is 33.7 Å². The Balaban J connectivity index is 1.56.